The van der Waals surface area contributed by atoms with Crippen LogP contribution in [0, 0.1) is 0 Å². The second kappa shape index (κ2) is 5.83. The van der Waals surface area contributed by atoms with E-state index in [4.69, 9.17) is 0 Å². The van der Waals surface area contributed by atoms with Crippen LogP contribution in [0.25, 0.3) is 0 Å². The average Bonchev–Trinajstić information content (AvgIpc) is 2.86. The molecule has 1 heterocycles. The molecule has 0 aliphatic rings. The third-order valence-corrected chi connectivity index (χ3v) is 2.37. The number of anilines is 1. The summed E-state index contributed by atoms with van der Waals surface area (Å²) in [6, 6.07) is 11.4. The van der Waals surface area contributed by atoms with Gasteiger partial charge in [0.1, 0.15) is 5.69 Å². The predicted octanol–water partition coefficient (Wildman–Crippen LogP) is 0.886. The standard InChI is InChI=1S/C12H15N5O/c1-13-16-11-7-10(15-17-11)12(18)14-8-9-5-3-2-4-6-9/h2-7,13H,8H2,1H3,(H,14,18)(H2,15,16,17). The molecule has 94 valence electrons. The lowest BCUT2D eigenvalue weighted by Gasteiger charge is -2.02. The predicted molar refractivity (Wildman–Crippen MR) is 68.9 cm³/mol. The number of nitrogens with zero attached hydrogens (tertiary/aromatic N) is 1. The van der Waals surface area contributed by atoms with E-state index in [0.29, 0.717) is 18.1 Å². The van der Waals surface area contributed by atoms with Gasteiger partial charge in [-0.25, -0.2) is 5.43 Å². The zero-order valence-electron chi connectivity index (χ0n) is 10.0. The fourth-order valence-corrected chi connectivity index (χ4v) is 1.50. The van der Waals surface area contributed by atoms with Crippen molar-refractivity contribution in [2.45, 2.75) is 6.54 Å². The Morgan fingerprint density at radius 3 is 2.83 bits per heavy atom. The highest BCUT2D eigenvalue weighted by atomic mass is 16.1. The second-order valence-electron chi connectivity index (χ2n) is 3.71. The van der Waals surface area contributed by atoms with Gasteiger partial charge in [-0.2, -0.15) is 5.10 Å². The van der Waals surface area contributed by atoms with Gasteiger partial charge in [0.05, 0.1) is 0 Å². The number of rotatable bonds is 5. The fraction of sp³-hybridized carbons (Fsp3) is 0.167. The van der Waals surface area contributed by atoms with Gasteiger partial charge in [0.15, 0.2) is 5.82 Å². The molecule has 0 aliphatic heterocycles. The molecule has 0 bridgehead atoms. The van der Waals surface area contributed by atoms with E-state index in [9.17, 15) is 4.79 Å². The molecule has 1 amide bonds. The largest absolute Gasteiger partial charge is 0.347 e. The third kappa shape index (κ3) is 3.08. The van der Waals surface area contributed by atoms with Crippen molar-refractivity contribution in [1.29, 1.82) is 0 Å². The summed E-state index contributed by atoms with van der Waals surface area (Å²) in [6.07, 6.45) is 0. The van der Waals surface area contributed by atoms with Crippen molar-refractivity contribution in [3.05, 3.63) is 47.7 Å². The number of nitrogens with one attached hydrogen (secondary N) is 4. The average molecular weight is 245 g/mol. The molecule has 0 saturated carbocycles. The van der Waals surface area contributed by atoms with E-state index >= 15 is 0 Å². The molecule has 0 spiro atoms. The van der Waals surface area contributed by atoms with Crippen molar-refractivity contribution in [2.24, 2.45) is 0 Å². The molecule has 0 fully saturated rings. The van der Waals surface area contributed by atoms with Crippen LogP contribution in [-0.2, 0) is 6.54 Å². The Morgan fingerprint density at radius 1 is 1.33 bits per heavy atom. The summed E-state index contributed by atoms with van der Waals surface area (Å²) in [5.74, 6) is 0.387. The van der Waals surface area contributed by atoms with E-state index in [2.05, 4.69) is 26.4 Å². The van der Waals surface area contributed by atoms with E-state index in [-0.39, 0.29) is 5.91 Å². The maximum absolute atomic E-state index is 11.8. The number of hydrogen-bond acceptors (Lipinski definition) is 4. The molecule has 0 atom stereocenters. The van der Waals surface area contributed by atoms with Gasteiger partial charge in [0, 0.05) is 19.7 Å². The number of carbonyl (C=O) groups is 1. The molecule has 0 aliphatic carbocycles. The van der Waals surface area contributed by atoms with Crippen molar-refractivity contribution in [2.75, 3.05) is 12.5 Å². The summed E-state index contributed by atoms with van der Waals surface area (Å²) in [7, 11) is 1.73. The van der Waals surface area contributed by atoms with E-state index in [1.165, 1.54) is 0 Å². The summed E-state index contributed by atoms with van der Waals surface area (Å²) in [6.45, 7) is 0.494. The minimum Gasteiger partial charge on any atom is -0.347 e. The van der Waals surface area contributed by atoms with Gasteiger partial charge in [-0.3, -0.25) is 9.89 Å². The number of benzene rings is 1. The molecule has 1 aromatic heterocycles. The zero-order chi connectivity index (χ0) is 12.8. The maximum Gasteiger partial charge on any atom is 0.269 e. The monoisotopic (exact) mass is 245 g/mol. The van der Waals surface area contributed by atoms with Crippen LogP contribution < -0.4 is 16.2 Å². The van der Waals surface area contributed by atoms with Crippen LogP contribution >= 0.6 is 0 Å². The van der Waals surface area contributed by atoms with Crippen molar-refractivity contribution in [3.63, 3.8) is 0 Å². The molecule has 6 nitrogen and oxygen atoms in total. The Hall–Kier alpha value is -2.34. The summed E-state index contributed by atoms with van der Waals surface area (Å²) >= 11 is 0. The number of hydrogen-bond donors (Lipinski definition) is 4. The van der Waals surface area contributed by atoms with Gasteiger partial charge in [0.25, 0.3) is 5.91 Å². The molecule has 0 saturated heterocycles. The molecular weight excluding hydrogens is 230 g/mol. The topological polar surface area (TPSA) is 81.8 Å². The lowest BCUT2D eigenvalue weighted by molar-refractivity contribution is 0.0946. The zero-order valence-corrected chi connectivity index (χ0v) is 10.0. The lowest BCUT2D eigenvalue weighted by Crippen LogP contribution is -2.23. The molecule has 2 rings (SSSR count). The van der Waals surface area contributed by atoms with Gasteiger partial charge < -0.3 is 10.7 Å². The molecule has 18 heavy (non-hydrogen) atoms. The first-order chi connectivity index (χ1) is 8.79. The van der Waals surface area contributed by atoms with Crippen LogP contribution in [0.15, 0.2) is 36.4 Å². The summed E-state index contributed by atoms with van der Waals surface area (Å²) in [5.41, 5.74) is 6.99. The molecule has 0 unspecified atom stereocenters. The lowest BCUT2D eigenvalue weighted by atomic mass is 10.2. The highest BCUT2D eigenvalue weighted by Gasteiger charge is 2.08. The highest BCUT2D eigenvalue weighted by molar-refractivity contribution is 5.92. The molecule has 1 aromatic carbocycles. The van der Waals surface area contributed by atoms with Crippen molar-refractivity contribution >= 4 is 11.7 Å². The third-order valence-electron chi connectivity index (χ3n) is 2.37. The first-order valence-electron chi connectivity index (χ1n) is 5.60. The van der Waals surface area contributed by atoms with Crippen LogP contribution in [0.5, 0.6) is 0 Å². The van der Waals surface area contributed by atoms with Crippen LogP contribution in [-0.4, -0.2) is 23.2 Å². The van der Waals surface area contributed by atoms with Gasteiger partial charge >= 0.3 is 0 Å². The number of hydrazine groups is 1. The molecule has 2 aromatic rings. The quantitative estimate of drug-likeness (QED) is 0.590. The Bertz CT molecular complexity index is 508. The summed E-state index contributed by atoms with van der Waals surface area (Å²) in [4.78, 5) is 11.8. The number of aromatic nitrogens is 2. The minimum absolute atomic E-state index is 0.185. The minimum atomic E-state index is -0.185. The van der Waals surface area contributed by atoms with E-state index in [1.54, 1.807) is 13.1 Å². The van der Waals surface area contributed by atoms with Crippen LogP contribution in [0.2, 0.25) is 0 Å². The van der Waals surface area contributed by atoms with Crippen molar-refractivity contribution in [1.82, 2.24) is 20.9 Å². The Morgan fingerprint density at radius 2 is 2.11 bits per heavy atom. The SMILES string of the molecule is CNNc1cc(C(=O)NCc2ccccc2)[nH]n1. The van der Waals surface area contributed by atoms with Gasteiger partial charge in [-0.15, -0.1) is 0 Å². The molecule has 4 N–H and O–H groups in total. The van der Waals surface area contributed by atoms with E-state index < -0.39 is 0 Å². The Labute approximate surface area is 105 Å². The number of H-pyrrole nitrogens is 1. The summed E-state index contributed by atoms with van der Waals surface area (Å²) in [5, 5.41) is 9.40. The number of aromatic amines is 1. The van der Waals surface area contributed by atoms with Crippen molar-refractivity contribution < 1.29 is 4.79 Å². The second-order valence-corrected chi connectivity index (χ2v) is 3.71. The smallest absolute Gasteiger partial charge is 0.269 e. The van der Waals surface area contributed by atoms with E-state index in [0.717, 1.165) is 5.56 Å². The molecule has 0 radical (unpaired) electrons. The maximum atomic E-state index is 11.8. The summed E-state index contributed by atoms with van der Waals surface area (Å²) < 4.78 is 0. The van der Waals surface area contributed by atoms with E-state index in [1.807, 2.05) is 30.3 Å². The molecular formula is C12H15N5O. The van der Waals surface area contributed by atoms with Crippen LogP contribution in [0.3, 0.4) is 0 Å². The normalized spacial score (nSPS) is 10.1. The highest BCUT2D eigenvalue weighted by Crippen LogP contribution is 2.04. The van der Waals surface area contributed by atoms with Gasteiger partial charge in [0.2, 0.25) is 0 Å². The Kier molecular flexibility index (Phi) is 3.93. The van der Waals surface area contributed by atoms with Crippen LogP contribution in [0.1, 0.15) is 16.1 Å². The first-order valence-corrected chi connectivity index (χ1v) is 5.60. The van der Waals surface area contributed by atoms with Crippen LogP contribution in [0.4, 0.5) is 5.82 Å². The fourth-order valence-electron chi connectivity index (χ4n) is 1.50. The number of amides is 1. The molecule has 6 heteroatoms. The number of carbonyl (C=O) groups excluding carboxylic acids is 1. The van der Waals surface area contributed by atoms with Crippen molar-refractivity contribution in [3.8, 4) is 0 Å². The Balaban J connectivity index is 1.91. The van der Waals surface area contributed by atoms with Gasteiger partial charge in [-0.1, -0.05) is 30.3 Å². The first kappa shape index (κ1) is 12.1. The van der Waals surface area contributed by atoms with Gasteiger partial charge in [-0.05, 0) is 5.56 Å².